The molecular weight excluding hydrogens is 242 g/mol. The highest BCUT2D eigenvalue weighted by Crippen LogP contribution is 2.16. The molecule has 1 atom stereocenters. The Labute approximate surface area is 113 Å². The van der Waals surface area contributed by atoms with E-state index in [4.69, 9.17) is 0 Å². The molecule has 19 heavy (non-hydrogen) atoms. The zero-order chi connectivity index (χ0) is 13.8. The average Bonchev–Trinajstić information content (AvgIpc) is 2.83. The Morgan fingerprint density at radius 3 is 2.84 bits per heavy atom. The van der Waals surface area contributed by atoms with Gasteiger partial charge in [0.1, 0.15) is 11.5 Å². The molecule has 0 radical (unpaired) electrons. The van der Waals surface area contributed by atoms with Crippen molar-refractivity contribution in [3.05, 3.63) is 18.1 Å². The number of nitrogens with one attached hydrogen (secondary N) is 1. The summed E-state index contributed by atoms with van der Waals surface area (Å²) >= 11 is 0. The summed E-state index contributed by atoms with van der Waals surface area (Å²) in [5, 5.41) is 2.88. The van der Waals surface area contributed by atoms with Gasteiger partial charge in [0, 0.05) is 26.7 Å². The molecular formula is C13H21N5O. The molecule has 1 unspecified atom stereocenters. The van der Waals surface area contributed by atoms with Gasteiger partial charge < -0.3 is 15.1 Å². The summed E-state index contributed by atoms with van der Waals surface area (Å²) in [4.78, 5) is 24.5. The van der Waals surface area contributed by atoms with Gasteiger partial charge in [-0.25, -0.2) is 9.97 Å². The SMILES string of the molecule is CNc1cnc(C(=O)N(C)CC2CCCN2C)cn1. The molecule has 1 fully saturated rings. The van der Waals surface area contributed by atoms with Crippen LogP contribution in [0.1, 0.15) is 23.3 Å². The summed E-state index contributed by atoms with van der Waals surface area (Å²) in [5.74, 6) is 0.588. The standard InChI is InChI=1S/C13H21N5O/c1-14-12-8-15-11(7-16-12)13(19)18(3)9-10-5-4-6-17(10)2/h7-8,10H,4-6,9H2,1-3H3,(H,14,16). The topological polar surface area (TPSA) is 61.4 Å². The van der Waals surface area contributed by atoms with Crippen LogP contribution in [0.2, 0.25) is 0 Å². The molecule has 6 heteroatoms. The van der Waals surface area contributed by atoms with Crippen LogP contribution >= 0.6 is 0 Å². The number of aromatic nitrogens is 2. The lowest BCUT2D eigenvalue weighted by Gasteiger charge is -2.25. The van der Waals surface area contributed by atoms with Gasteiger partial charge >= 0.3 is 0 Å². The first-order valence-corrected chi connectivity index (χ1v) is 6.57. The first-order chi connectivity index (χ1) is 9.11. The molecule has 1 saturated heterocycles. The van der Waals surface area contributed by atoms with E-state index in [9.17, 15) is 4.79 Å². The highest BCUT2D eigenvalue weighted by molar-refractivity contribution is 5.91. The quantitative estimate of drug-likeness (QED) is 0.866. The number of carbonyl (C=O) groups is 1. The molecule has 1 aliphatic rings. The molecule has 0 bridgehead atoms. The predicted octanol–water partition coefficient (Wildman–Crippen LogP) is 0.684. The number of carbonyl (C=O) groups excluding carboxylic acids is 1. The molecule has 2 heterocycles. The summed E-state index contributed by atoms with van der Waals surface area (Å²) in [6.07, 6.45) is 5.45. The van der Waals surface area contributed by atoms with E-state index in [0.29, 0.717) is 17.6 Å². The predicted molar refractivity (Wildman–Crippen MR) is 74.2 cm³/mol. The largest absolute Gasteiger partial charge is 0.372 e. The lowest BCUT2D eigenvalue weighted by atomic mass is 10.2. The fourth-order valence-electron chi connectivity index (χ4n) is 2.37. The Hall–Kier alpha value is -1.69. The summed E-state index contributed by atoms with van der Waals surface area (Å²) < 4.78 is 0. The Morgan fingerprint density at radius 2 is 2.32 bits per heavy atom. The minimum atomic E-state index is -0.0737. The zero-order valence-electron chi connectivity index (χ0n) is 11.8. The summed E-state index contributed by atoms with van der Waals surface area (Å²) in [6.45, 7) is 1.86. The van der Waals surface area contributed by atoms with E-state index in [1.807, 2.05) is 7.05 Å². The maximum absolute atomic E-state index is 12.2. The Kier molecular flexibility index (Phi) is 4.31. The van der Waals surface area contributed by atoms with Gasteiger partial charge in [0.05, 0.1) is 12.4 Å². The lowest BCUT2D eigenvalue weighted by Crippen LogP contribution is -2.39. The van der Waals surface area contributed by atoms with E-state index in [2.05, 4.69) is 27.2 Å². The molecule has 0 saturated carbocycles. The smallest absolute Gasteiger partial charge is 0.273 e. The van der Waals surface area contributed by atoms with Crippen LogP contribution in [0.4, 0.5) is 5.82 Å². The first-order valence-electron chi connectivity index (χ1n) is 6.57. The van der Waals surface area contributed by atoms with Gasteiger partial charge in [0.2, 0.25) is 0 Å². The minimum Gasteiger partial charge on any atom is -0.372 e. The van der Waals surface area contributed by atoms with Crippen LogP contribution in [-0.4, -0.2) is 65.9 Å². The van der Waals surface area contributed by atoms with Crippen LogP contribution in [0.5, 0.6) is 0 Å². The van der Waals surface area contributed by atoms with E-state index in [1.165, 1.54) is 12.6 Å². The number of anilines is 1. The van der Waals surface area contributed by atoms with Gasteiger partial charge in [-0.1, -0.05) is 0 Å². The summed E-state index contributed by atoms with van der Waals surface area (Å²) in [5.41, 5.74) is 0.391. The number of nitrogens with zero attached hydrogens (tertiary/aromatic N) is 4. The normalized spacial score (nSPS) is 19.4. The van der Waals surface area contributed by atoms with E-state index in [1.54, 1.807) is 18.1 Å². The second kappa shape index (κ2) is 5.97. The van der Waals surface area contributed by atoms with Gasteiger partial charge in [0.25, 0.3) is 5.91 Å². The van der Waals surface area contributed by atoms with Crippen molar-refractivity contribution in [2.75, 3.05) is 39.5 Å². The maximum Gasteiger partial charge on any atom is 0.273 e. The van der Waals surface area contributed by atoms with E-state index < -0.39 is 0 Å². The second-order valence-electron chi connectivity index (χ2n) is 5.00. The van der Waals surface area contributed by atoms with Crippen LogP contribution in [0.15, 0.2) is 12.4 Å². The molecule has 1 amide bonds. The van der Waals surface area contributed by atoms with Crippen molar-refractivity contribution in [1.29, 1.82) is 0 Å². The Balaban J connectivity index is 1.97. The number of hydrogen-bond acceptors (Lipinski definition) is 5. The molecule has 0 aromatic carbocycles. The highest BCUT2D eigenvalue weighted by Gasteiger charge is 2.24. The van der Waals surface area contributed by atoms with Crippen LogP contribution in [0.25, 0.3) is 0 Å². The van der Waals surface area contributed by atoms with Crippen molar-refractivity contribution in [2.45, 2.75) is 18.9 Å². The summed E-state index contributed by atoms with van der Waals surface area (Å²) in [7, 11) is 5.70. The van der Waals surface area contributed by atoms with Crippen LogP contribution in [-0.2, 0) is 0 Å². The van der Waals surface area contributed by atoms with E-state index in [-0.39, 0.29) is 5.91 Å². The molecule has 104 valence electrons. The van der Waals surface area contributed by atoms with Crippen molar-refractivity contribution in [3.8, 4) is 0 Å². The monoisotopic (exact) mass is 263 g/mol. The molecule has 1 N–H and O–H groups in total. The molecule has 2 rings (SSSR count). The minimum absolute atomic E-state index is 0.0737. The van der Waals surface area contributed by atoms with Crippen molar-refractivity contribution in [3.63, 3.8) is 0 Å². The van der Waals surface area contributed by atoms with Crippen molar-refractivity contribution in [1.82, 2.24) is 19.8 Å². The van der Waals surface area contributed by atoms with Crippen LogP contribution in [0.3, 0.4) is 0 Å². The number of rotatable bonds is 4. The first kappa shape index (κ1) is 13.7. The van der Waals surface area contributed by atoms with E-state index >= 15 is 0 Å². The average molecular weight is 263 g/mol. The molecule has 0 spiro atoms. The van der Waals surface area contributed by atoms with Crippen molar-refractivity contribution in [2.24, 2.45) is 0 Å². The Bertz CT molecular complexity index is 433. The molecule has 1 aliphatic heterocycles. The molecule has 1 aromatic rings. The number of likely N-dealkylation sites (N-methyl/N-ethyl adjacent to an activating group) is 2. The van der Waals surface area contributed by atoms with E-state index in [0.717, 1.165) is 19.5 Å². The lowest BCUT2D eigenvalue weighted by molar-refractivity contribution is 0.0755. The third-order valence-electron chi connectivity index (χ3n) is 3.63. The summed E-state index contributed by atoms with van der Waals surface area (Å²) in [6, 6.07) is 0.457. The molecule has 0 aliphatic carbocycles. The highest BCUT2D eigenvalue weighted by atomic mass is 16.2. The molecule has 6 nitrogen and oxygen atoms in total. The Morgan fingerprint density at radius 1 is 1.53 bits per heavy atom. The number of likely N-dealkylation sites (tertiary alicyclic amines) is 1. The second-order valence-corrected chi connectivity index (χ2v) is 5.00. The van der Waals surface area contributed by atoms with Crippen LogP contribution < -0.4 is 5.32 Å². The maximum atomic E-state index is 12.2. The molecule has 1 aromatic heterocycles. The fourth-order valence-corrected chi connectivity index (χ4v) is 2.37. The van der Waals surface area contributed by atoms with Gasteiger partial charge in [-0.3, -0.25) is 4.79 Å². The van der Waals surface area contributed by atoms with Gasteiger partial charge in [-0.15, -0.1) is 0 Å². The van der Waals surface area contributed by atoms with Crippen molar-refractivity contribution >= 4 is 11.7 Å². The number of amides is 1. The van der Waals surface area contributed by atoms with Gasteiger partial charge in [-0.05, 0) is 26.4 Å². The van der Waals surface area contributed by atoms with Crippen LogP contribution in [0, 0.1) is 0 Å². The van der Waals surface area contributed by atoms with Gasteiger partial charge in [0.15, 0.2) is 0 Å². The van der Waals surface area contributed by atoms with Crippen molar-refractivity contribution < 1.29 is 4.79 Å². The third kappa shape index (κ3) is 3.20. The fraction of sp³-hybridized carbons (Fsp3) is 0.615. The number of hydrogen-bond donors (Lipinski definition) is 1. The van der Waals surface area contributed by atoms with Gasteiger partial charge in [-0.2, -0.15) is 0 Å². The third-order valence-corrected chi connectivity index (χ3v) is 3.63. The zero-order valence-corrected chi connectivity index (χ0v) is 11.8.